The summed E-state index contributed by atoms with van der Waals surface area (Å²) < 4.78 is 26.9. The van der Waals surface area contributed by atoms with Crippen LogP contribution in [0, 0.1) is 0 Å². The SMILES string of the molecule is CCC(=O)NCc1cc(-c2c3ccccc3cc3ccccc23)n(-c2ccc(NS(N)(=O)=O)cc2)n1. The lowest BCUT2D eigenvalue weighted by molar-refractivity contribution is -0.120. The fourth-order valence-corrected chi connectivity index (χ4v) is 4.79. The predicted octanol–water partition coefficient (Wildman–Crippen LogP) is 4.49. The first-order valence-electron chi connectivity index (χ1n) is 11.5. The van der Waals surface area contributed by atoms with Crippen molar-refractivity contribution in [1.82, 2.24) is 15.1 Å². The zero-order valence-electron chi connectivity index (χ0n) is 19.6. The van der Waals surface area contributed by atoms with Gasteiger partial charge in [0.2, 0.25) is 5.91 Å². The first-order valence-corrected chi connectivity index (χ1v) is 13.0. The minimum Gasteiger partial charge on any atom is -0.350 e. The Hall–Kier alpha value is -4.21. The number of anilines is 1. The summed E-state index contributed by atoms with van der Waals surface area (Å²) in [5, 5.41) is 17.2. The number of benzene rings is 4. The fraction of sp³-hybridized carbons (Fsp3) is 0.111. The maximum Gasteiger partial charge on any atom is 0.296 e. The summed E-state index contributed by atoms with van der Waals surface area (Å²) in [4.78, 5) is 11.9. The summed E-state index contributed by atoms with van der Waals surface area (Å²) in [6.45, 7) is 2.10. The molecule has 4 N–H and O–H groups in total. The monoisotopic (exact) mass is 499 g/mol. The lowest BCUT2D eigenvalue weighted by Crippen LogP contribution is -2.21. The molecule has 0 aliphatic rings. The average molecular weight is 500 g/mol. The van der Waals surface area contributed by atoms with E-state index in [9.17, 15) is 13.2 Å². The number of nitrogens with one attached hydrogen (secondary N) is 2. The molecule has 0 unspecified atom stereocenters. The summed E-state index contributed by atoms with van der Waals surface area (Å²) in [5.74, 6) is -0.0554. The second-order valence-electron chi connectivity index (χ2n) is 8.45. The lowest BCUT2D eigenvalue weighted by atomic mass is 9.94. The molecule has 0 atom stereocenters. The maximum absolute atomic E-state index is 11.9. The summed E-state index contributed by atoms with van der Waals surface area (Å²) in [6, 6.07) is 27.4. The molecule has 5 rings (SSSR count). The van der Waals surface area contributed by atoms with Gasteiger partial charge in [-0.3, -0.25) is 9.52 Å². The smallest absolute Gasteiger partial charge is 0.296 e. The van der Waals surface area contributed by atoms with Crippen molar-refractivity contribution in [3.8, 4) is 16.9 Å². The minimum atomic E-state index is -3.88. The number of carbonyl (C=O) groups is 1. The number of hydrogen-bond acceptors (Lipinski definition) is 4. The molecule has 0 saturated heterocycles. The van der Waals surface area contributed by atoms with Crippen molar-refractivity contribution >= 4 is 43.3 Å². The van der Waals surface area contributed by atoms with Crippen LogP contribution >= 0.6 is 0 Å². The summed E-state index contributed by atoms with van der Waals surface area (Å²) >= 11 is 0. The standard InChI is InChI=1S/C27H25N5O3S/c1-2-26(33)29-17-21-16-25(32(30-21)22-13-11-20(12-14-22)31-36(28,34)35)27-23-9-5-3-7-18(23)15-19-8-4-6-10-24(19)27/h3-16,31H,2,17H2,1H3,(H,29,33)(H2,28,34,35). The summed E-state index contributed by atoms with van der Waals surface area (Å²) in [7, 11) is -3.88. The molecule has 0 bridgehead atoms. The van der Waals surface area contributed by atoms with Crippen LogP contribution in [-0.4, -0.2) is 24.1 Å². The molecule has 9 heteroatoms. The van der Waals surface area contributed by atoms with Gasteiger partial charge < -0.3 is 5.32 Å². The van der Waals surface area contributed by atoms with E-state index >= 15 is 0 Å². The van der Waals surface area contributed by atoms with Gasteiger partial charge in [0.25, 0.3) is 10.2 Å². The molecule has 1 amide bonds. The van der Waals surface area contributed by atoms with Crippen molar-refractivity contribution in [2.24, 2.45) is 5.14 Å². The highest BCUT2D eigenvalue weighted by atomic mass is 32.2. The minimum absolute atomic E-state index is 0.0554. The van der Waals surface area contributed by atoms with Crippen molar-refractivity contribution in [3.05, 3.63) is 90.6 Å². The number of hydrogen-bond donors (Lipinski definition) is 3. The van der Waals surface area contributed by atoms with Crippen molar-refractivity contribution < 1.29 is 13.2 Å². The summed E-state index contributed by atoms with van der Waals surface area (Å²) in [5.41, 5.74) is 3.67. The molecule has 8 nitrogen and oxygen atoms in total. The molecule has 4 aromatic carbocycles. The molecule has 0 aliphatic heterocycles. The Kier molecular flexibility index (Phi) is 6.17. The molecule has 1 heterocycles. The molecule has 36 heavy (non-hydrogen) atoms. The zero-order valence-corrected chi connectivity index (χ0v) is 20.4. The highest BCUT2D eigenvalue weighted by Gasteiger charge is 2.18. The second-order valence-corrected chi connectivity index (χ2v) is 9.74. The average Bonchev–Trinajstić information content (AvgIpc) is 3.29. The van der Waals surface area contributed by atoms with E-state index < -0.39 is 10.2 Å². The van der Waals surface area contributed by atoms with Gasteiger partial charge in [0, 0.05) is 17.7 Å². The third-order valence-electron chi connectivity index (χ3n) is 5.95. The highest BCUT2D eigenvalue weighted by molar-refractivity contribution is 7.90. The van der Waals surface area contributed by atoms with E-state index in [1.165, 1.54) is 0 Å². The summed E-state index contributed by atoms with van der Waals surface area (Å²) in [6.07, 6.45) is 0.389. The normalized spacial score (nSPS) is 11.6. The van der Waals surface area contributed by atoms with Gasteiger partial charge in [-0.2, -0.15) is 13.5 Å². The zero-order chi connectivity index (χ0) is 25.3. The first kappa shape index (κ1) is 23.5. The number of nitrogens with zero attached hydrogens (tertiary/aromatic N) is 2. The molecule has 0 aliphatic carbocycles. The molecule has 0 saturated carbocycles. The Morgan fingerprint density at radius 1 is 0.917 bits per heavy atom. The molecular formula is C27H25N5O3S. The van der Waals surface area contributed by atoms with Crippen LogP contribution in [0.4, 0.5) is 5.69 Å². The number of fused-ring (bicyclic) bond motifs is 2. The van der Waals surface area contributed by atoms with Gasteiger partial charge in [0.05, 0.1) is 23.6 Å². The molecule has 0 radical (unpaired) electrons. The van der Waals surface area contributed by atoms with E-state index in [0.717, 1.165) is 38.5 Å². The van der Waals surface area contributed by atoms with Gasteiger partial charge in [-0.25, -0.2) is 9.82 Å². The van der Waals surface area contributed by atoms with E-state index in [1.807, 2.05) is 35.0 Å². The van der Waals surface area contributed by atoms with E-state index in [4.69, 9.17) is 10.2 Å². The third-order valence-corrected chi connectivity index (χ3v) is 6.47. The van der Waals surface area contributed by atoms with Gasteiger partial charge in [0.15, 0.2) is 0 Å². The maximum atomic E-state index is 11.9. The van der Waals surface area contributed by atoms with Crippen molar-refractivity contribution in [3.63, 3.8) is 0 Å². The fourth-order valence-electron chi connectivity index (χ4n) is 4.33. The molecular weight excluding hydrogens is 474 g/mol. The molecule has 182 valence electrons. The van der Waals surface area contributed by atoms with Gasteiger partial charge >= 0.3 is 0 Å². The van der Waals surface area contributed by atoms with Crippen molar-refractivity contribution in [2.45, 2.75) is 19.9 Å². The third kappa shape index (κ3) is 4.79. The topological polar surface area (TPSA) is 119 Å². The van der Waals surface area contributed by atoms with Crippen LogP contribution < -0.4 is 15.2 Å². The molecule has 1 aromatic heterocycles. The number of nitrogens with two attached hydrogens (primary N) is 1. The number of carbonyl (C=O) groups excluding carboxylic acids is 1. The van der Waals surface area contributed by atoms with E-state index in [2.05, 4.69) is 40.4 Å². The largest absolute Gasteiger partial charge is 0.350 e. The first-order chi connectivity index (χ1) is 17.3. The van der Waals surface area contributed by atoms with Gasteiger partial charge in [-0.05, 0) is 57.9 Å². The van der Waals surface area contributed by atoms with Crippen LogP contribution in [0.3, 0.4) is 0 Å². The quantitative estimate of drug-likeness (QED) is 0.286. The van der Waals surface area contributed by atoms with Gasteiger partial charge in [-0.15, -0.1) is 0 Å². The van der Waals surface area contributed by atoms with Crippen LogP contribution in [0.5, 0.6) is 0 Å². The Balaban J connectivity index is 1.71. The molecule has 5 aromatic rings. The number of aromatic nitrogens is 2. The predicted molar refractivity (Wildman–Crippen MR) is 143 cm³/mol. The lowest BCUT2D eigenvalue weighted by Gasteiger charge is -2.14. The highest BCUT2D eigenvalue weighted by Crippen LogP contribution is 2.37. The van der Waals surface area contributed by atoms with Crippen LogP contribution in [0.25, 0.3) is 38.5 Å². The van der Waals surface area contributed by atoms with Crippen molar-refractivity contribution in [2.75, 3.05) is 4.72 Å². The Labute approximate surface area is 208 Å². The second kappa shape index (κ2) is 9.44. The van der Waals surface area contributed by atoms with Crippen LogP contribution in [-0.2, 0) is 21.5 Å². The Morgan fingerprint density at radius 2 is 1.53 bits per heavy atom. The Bertz CT molecular complexity index is 1640. The van der Waals surface area contributed by atoms with E-state index in [-0.39, 0.29) is 5.91 Å². The molecule has 0 fully saturated rings. The van der Waals surface area contributed by atoms with Crippen LogP contribution in [0.15, 0.2) is 84.9 Å². The molecule has 0 spiro atoms. The van der Waals surface area contributed by atoms with Gasteiger partial charge in [0.1, 0.15) is 0 Å². The van der Waals surface area contributed by atoms with E-state index in [0.29, 0.717) is 24.3 Å². The number of amides is 1. The Morgan fingerprint density at radius 3 is 2.11 bits per heavy atom. The van der Waals surface area contributed by atoms with Gasteiger partial charge in [-0.1, -0.05) is 55.5 Å². The van der Waals surface area contributed by atoms with Crippen LogP contribution in [0.1, 0.15) is 19.0 Å². The number of rotatable bonds is 7. The van der Waals surface area contributed by atoms with E-state index in [1.54, 1.807) is 31.2 Å². The van der Waals surface area contributed by atoms with Crippen LogP contribution in [0.2, 0.25) is 0 Å². The van der Waals surface area contributed by atoms with Crippen molar-refractivity contribution in [1.29, 1.82) is 0 Å².